The molecule has 32 heavy (non-hydrogen) atoms. The SMILES string of the molecule is COc1ccc(N2CCN([C@H](c3ccc(Cl)cc3)c3sc4nc(C)nn4c3O)CC2)cc1. The van der Waals surface area contributed by atoms with Crippen molar-refractivity contribution in [3.8, 4) is 11.6 Å². The van der Waals surface area contributed by atoms with Gasteiger partial charge in [-0.05, 0) is 48.9 Å². The van der Waals surface area contributed by atoms with E-state index in [0.29, 0.717) is 15.8 Å². The van der Waals surface area contributed by atoms with Crippen molar-refractivity contribution in [1.82, 2.24) is 19.5 Å². The van der Waals surface area contributed by atoms with Crippen molar-refractivity contribution in [1.29, 1.82) is 0 Å². The zero-order valence-corrected chi connectivity index (χ0v) is 19.5. The molecule has 1 aliphatic heterocycles. The second-order valence-corrected chi connectivity index (χ2v) is 9.26. The van der Waals surface area contributed by atoms with Gasteiger partial charge in [0.1, 0.15) is 11.6 Å². The number of aromatic nitrogens is 3. The topological polar surface area (TPSA) is 66.1 Å². The van der Waals surface area contributed by atoms with Crippen LogP contribution in [0.4, 0.5) is 5.69 Å². The van der Waals surface area contributed by atoms with Crippen LogP contribution in [0.5, 0.6) is 11.6 Å². The van der Waals surface area contributed by atoms with E-state index in [9.17, 15) is 5.11 Å². The first kappa shape index (κ1) is 21.1. The third kappa shape index (κ3) is 3.90. The molecule has 5 rings (SSSR count). The van der Waals surface area contributed by atoms with Crippen molar-refractivity contribution in [2.45, 2.75) is 13.0 Å². The molecular weight excluding hydrogens is 446 g/mol. The first-order valence-corrected chi connectivity index (χ1v) is 11.7. The number of thiazole rings is 1. The molecule has 1 N–H and O–H groups in total. The van der Waals surface area contributed by atoms with Crippen LogP contribution in [-0.4, -0.2) is 57.9 Å². The number of ether oxygens (including phenoxy) is 1. The molecule has 7 nitrogen and oxygen atoms in total. The molecule has 1 aliphatic rings. The molecule has 0 amide bonds. The predicted octanol–water partition coefficient (Wildman–Crippen LogP) is 4.38. The highest BCUT2D eigenvalue weighted by atomic mass is 35.5. The van der Waals surface area contributed by atoms with E-state index in [1.165, 1.54) is 21.5 Å². The minimum Gasteiger partial charge on any atom is -0.497 e. The fourth-order valence-corrected chi connectivity index (χ4v) is 5.52. The molecule has 0 spiro atoms. The van der Waals surface area contributed by atoms with Crippen LogP contribution in [0, 0.1) is 6.92 Å². The van der Waals surface area contributed by atoms with Crippen molar-refractivity contribution in [2.24, 2.45) is 0 Å². The van der Waals surface area contributed by atoms with Crippen LogP contribution in [0.2, 0.25) is 5.02 Å². The lowest BCUT2D eigenvalue weighted by Gasteiger charge is -2.40. The van der Waals surface area contributed by atoms with E-state index in [2.05, 4.69) is 32.0 Å². The van der Waals surface area contributed by atoms with Gasteiger partial charge in [0.25, 0.3) is 0 Å². The normalized spacial score (nSPS) is 15.9. The Balaban J connectivity index is 1.44. The summed E-state index contributed by atoms with van der Waals surface area (Å²) in [5.74, 6) is 1.66. The lowest BCUT2D eigenvalue weighted by Crippen LogP contribution is -2.47. The third-order valence-corrected chi connectivity index (χ3v) is 7.18. The first-order chi connectivity index (χ1) is 15.5. The average molecular weight is 470 g/mol. The molecule has 2 aromatic heterocycles. The number of aromatic hydroxyl groups is 1. The summed E-state index contributed by atoms with van der Waals surface area (Å²) >= 11 is 7.64. The highest BCUT2D eigenvalue weighted by Gasteiger charge is 2.31. The summed E-state index contributed by atoms with van der Waals surface area (Å²) < 4.78 is 6.81. The van der Waals surface area contributed by atoms with Crippen LogP contribution in [0.15, 0.2) is 48.5 Å². The van der Waals surface area contributed by atoms with Crippen molar-refractivity contribution in [3.05, 3.63) is 69.8 Å². The fraction of sp³-hybridized carbons (Fsp3) is 0.304. The molecule has 1 atom stereocenters. The molecular formula is C23H24ClN5O2S. The van der Waals surface area contributed by atoms with Crippen LogP contribution in [0.25, 0.3) is 4.96 Å². The van der Waals surface area contributed by atoms with E-state index < -0.39 is 0 Å². The van der Waals surface area contributed by atoms with Gasteiger partial charge in [0.2, 0.25) is 10.8 Å². The van der Waals surface area contributed by atoms with E-state index >= 15 is 0 Å². The van der Waals surface area contributed by atoms with Crippen molar-refractivity contribution >= 4 is 33.6 Å². The highest BCUT2D eigenvalue weighted by molar-refractivity contribution is 7.17. The number of aryl methyl sites for hydroxylation is 1. The van der Waals surface area contributed by atoms with Gasteiger partial charge in [-0.15, -0.1) is 5.10 Å². The largest absolute Gasteiger partial charge is 0.497 e. The minimum absolute atomic E-state index is 0.0981. The van der Waals surface area contributed by atoms with Crippen molar-refractivity contribution in [2.75, 3.05) is 38.2 Å². The molecule has 3 heterocycles. The summed E-state index contributed by atoms with van der Waals surface area (Å²) in [5, 5.41) is 16.0. The van der Waals surface area contributed by atoms with Gasteiger partial charge in [-0.1, -0.05) is 35.1 Å². The number of rotatable bonds is 5. The molecule has 2 aromatic carbocycles. The second kappa shape index (κ2) is 8.61. The lowest BCUT2D eigenvalue weighted by molar-refractivity contribution is 0.211. The number of fused-ring (bicyclic) bond motifs is 1. The van der Waals surface area contributed by atoms with Crippen molar-refractivity contribution < 1.29 is 9.84 Å². The number of benzene rings is 2. The number of hydrogen-bond donors (Lipinski definition) is 1. The Morgan fingerprint density at radius 1 is 1.03 bits per heavy atom. The lowest BCUT2D eigenvalue weighted by atomic mass is 10.0. The van der Waals surface area contributed by atoms with Crippen LogP contribution in [0.3, 0.4) is 0 Å². The molecule has 0 bridgehead atoms. The molecule has 0 saturated carbocycles. The van der Waals surface area contributed by atoms with E-state index in [1.54, 1.807) is 7.11 Å². The van der Waals surface area contributed by atoms with Gasteiger partial charge in [0.05, 0.1) is 18.0 Å². The number of hydrogen-bond acceptors (Lipinski definition) is 7. The van der Waals surface area contributed by atoms with Gasteiger partial charge in [0, 0.05) is 36.9 Å². The Labute approximate surface area is 195 Å². The molecule has 0 aliphatic carbocycles. The van der Waals surface area contributed by atoms with E-state index in [1.807, 2.05) is 43.3 Å². The summed E-state index contributed by atoms with van der Waals surface area (Å²) in [5.41, 5.74) is 2.27. The van der Waals surface area contributed by atoms with E-state index in [4.69, 9.17) is 16.3 Å². The summed E-state index contributed by atoms with van der Waals surface area (Å²) in [6.45, 7) is 5.30. The number of methoxy groups -OCH3 is 1. The summed E-state index contributed by atoms with van der Waals surface area (Å²) in [6.07, 6.45) is 0. The molecule has 1 fully saturated rings. The first-order valence-electron chi connectivity index (χ1n) is 10.5. The zero-order valence-electron chi connectivity index (χ0n) is 17.9. The smallest absolute Gasteiger partial charge is 0.230 e. The number of halogens is 1. The third-order valence-electron chi connectivity index (χ3n) is 5.86. The fourth-order valence-electron chi connectivity index (χ4n) is 4.23. The standard InChI is InChI=1S/C23H24ClN5O2S/c1-15-25-23-29(26-15)22(30)21(32-23)20(16-3-5-17(24)6-4-16)28-13-11-27(12-14-28)18-7-9-19(31-2)10-8-18/h3-10,20,30H,11-14H2,1-2H3/t20-/m1/s1. The Morgan fingerprint density at radius 2 is 1.72 bits per heavy atom. The van der Waals surface area contributed by atoms with Crippen molar-refractivity contribution in [3.63, 3.8) is 0 Å². The summed E-state index contributed by atoms with van der Waals surface area (Å²) in [6, 6.07) is 15.9. The molecule has 166 valence electrons. The molecule has 0 unspecified atom stereocenters. The van der Waals surface area contributed by atoms with Gasteiger partial charge in [0.15, 0.2) is 0 Å². The zero-order chi connectivity index (χ0) is 22.2. The summed E-state index contributed by atoms with van der Waals surface area (Å²) in [7, 11) is 1.68. The van der Waals surface area contributed by atoms with Crippen LogP contribution >= 0.6 is 22.9 Å². The predicted molar refractivity (Wildman–Crippen MR) is 127 cm³/mol. The van der Waals surface area contributed by atoms with E-state index in [-0.39, 0.29) is 11.9 Å². The summed E-state index contributed by atoms with van der Waals surface area (Å²) in [4.78, 5) is 10.8. The van der Waals surface area contributed by atoms with Gasteiger partial charge in [-0.3, -0.25) is 4.90 Å². The van der Waals surface area contributed by atoms with Gasteiger partial charge in [-0.25, -0.2) is 4.98 Å². The number of anilines is 1. The van der Waals surface area contributed by atoms with E-state index in [0.717, 1.165) is 42.4 Å². The van der Waals surface area contributed by atoms with Gasteiger partial charge >= 0.3 is 0 Å². The second-order valence-electron chi connectivity index (χ2n) is 7.82. The maximum absolute atomic E-state index is 11.0. The Bertz CT molecular complexity index is 1210. The number of nitrogens with zero attached hydrogens (tertiary/aromatic N) is 5. The highest BCUT2D eigenvalue weighted by Crippen LogP contribution is 2.40. The maximum Gasteiger partial charge on any atom is 0.230 e. The van der Waals surface area contributed by atoms with Gasteiger partial charge < -0.3 is 14.7 Å². The quantitative estimate of drug-likeness (QED) is 0.468. The van der Waals surface area contributed by atoms with Crippen LogP contribution in [-0.2, 0) is 0 Å². The average Bonchev–Trinajstić information content (AvgIpc) is 3.33. The molecule has 1 saturated heterocycles. The Morgan fingerprint density at radius 3 is 2.34 bits per heavy atom. The monoisotopic (exact) mass is 469 g/mol. The maximum atomic E-state index is 11.0. The van der Waals surface area contributed by atoms with Crippen LogP contribution in [0.1, 0.15) is 22.3 Å². The van der Waals surface area contributed by atoms with Crippen LogP contribution < -0.4 is 9.64 Å². The molecule has 4 aromatic rings. The Kier molecular flexibility index (Phi) is 5.67. The van der Waals surface area contributed by atoms with Gasteiger partial charge in [-0.2, -0.15) is 4.52 Å². The number of piperazine rings is 1. The Hall–Kier alpha value is -2.81. The molecule has 9 heteroatoms. The molecule has 0 radical (unpaired) electrons. The minimum atomic E-state index is -0.0981.